The average molecular weight is 258 g/mol. The first kappa shape index (κ1) is 17.4. The molecule has 1 amide bonds. The number of hydrogen-bond donors (Lipinski definition) is 3. The Morgan fingerprint density at radius 1 is 1.33 bits per heavy atom. The number of carbonyl (C=O) groups is 1. The zero-order valence-electron chi connectivity index (χ0n) is 12.3. The summed E-state index contributed by atoms with van der Waals surface area (Å²) in [6.45, 7) is 9.05. The number of aliphatic hydroxyl groups excluding tert-OH is 1. The van der Waals surface area contributed by atoms with Gasteiger partial charge in [0.1, 0.15) is 0 Å². The fraction of sp³-hybridized carbons (Fsp3) is 0.929. The van der Waals surface area contributed by atoms with Crippen LogP contribution in [0.4, 0.5) is 0 Å². The second kappa shape index (κ2) is 8.48. The molecule has 0 spiro atoms. The Bertz CT molecular complexity index is 230. The van der Waals surface area contributed by atoms with Crippen molar-refractivity contribution in [2.75, 3.05) is 13.2 Å². The molecule has 0 bridgehead atoms. The maximum absolute atomic E-state index is 11.8. The van der Waals surface area contributed by atoms with Gasteiger partial charge >= 0.3 is 0 Å². The van der Waals surface area contributed by atoms with Crippen molar-refractivity contribution in [3.8, 4) is 0 Å². The minimum Gasteiger partial charge on any atom is -0.396 e. The molecule has 108 valence electrons. The van der Waals surface area contributed by atoms with Gasteiger partial charge < -0.3 is 16.2 Å². The van der Waals surface area contributed by atoms with Crippen LogP contribution < -0.4 is 11.1 Å². The van der Waals surface area contributed by atoms with Crippen molar-refractivity contribution < 1.29 is 9.90 Å². The van der Waals surface area contributed by atoms with Crippen LogP contribution in [0.2, 0.25) is 0 Å². The van der Waals surface area contributed by atoms with Crippen molar-refractivity contribution in [2.24, 2.45) is 17.1 Å². The standard InChI is InChI=1S/C14H30N2O2/c1-5-6-11(7-8-17)10-16-13(18)9-12(15)14(2,3)4/h11-12,17H,5-10,15H2,1-4H3,(H,16,18). The van der Waals surface area contributed by atoms with Crippen LogP contribution in [0.3, 0.4) is 0 Å². The minimum atomic E-state index is -0.125. The lowest BCUT2D eigenvalue weighted by Crippen LogP contribution is -2.41. The highest BCUT2D eigenvalue weighted by atomic mass is 16.3. The van der Waals surface area contributed by atoms with Gasteiger partial charge in [0, 0.05) is 25.6 Å². The second-order valence-electron chi connectivity index (χ2n) is 6.15. The Morgan fingerprint density at radius 3 is 2.39 bits per heavy atom. The van der Waals surface area contributed by atoms with Gasteiger partial charge in [0.25, 0.3) is 0 Å². The van der Waals surface area contributed by atoms with Crippen molar-refractivity contribution in [3.05, 3.63) is 0 Å². The third-order valence-corrected chi connectivity index (χ3v) is 3.34. The molecule has 18 heavy (non-hydrogen) atoms. The molecule has 0 aromatic heterocycles. The lowest BCUT2D eigenvalue weighted by atomic mass is 9.85. The highest BCUT2D eigenvalue weighted by Crippen LogP contribution is 2.19. The molecule has 0 aliphatic carbocycles. The molecule has 4 nitrogen and oxygen atoms in total. The Morgan fingerprint density at radius 2 is 1.94 bits per heavy atom. The monoisotopic (exact) mass is 258 g/mol. The van der Waals surface area contributed by atoms with Gasteiger partial charge in [0.05, 0.1) is 0 Å². The quantitative estimate of drug-likeness (QED) is 0.620. The van der Waals surface area contributed by atoms with Gasteiger partial charge in [-0.1, -0.05) is 34.1 Å². The third-order valence-electron chi connectivity index (χ3n) is 3.34. The number of amides is 1. The van der Waals surface area contributed by atoms with Gasteiger partial charge in [0.15, 0.2) is 0 Å². The van der Waals surface area contributed by atoms with E-state index in [4.69, 9.17) is 10.8 Å². The lowest BCUT2D eigenvalue weighted by molar-refractivity contribution is -0.122. The van der Waals surface area contributed by atoms with Crippen LogP contribution in [-0.2, 0) is 4.79 Å². The molecule has 0 rings (SSSR count). The number of nitrogens with one attached hydrogen (secondary N) is 1. The van der Waals surface area contributed by atoms with Crippen molar-refractivity contribution in [2.45, 2.75) is 59.4 Å². The second-order valence-corrected chi connectivity index (χ2v) is 6.15. The van der Waals surface area contributed by atoms with E-state index in [-0.39, 0.29) is 24.0 Å². The van der Waals surface area contributed by atoms with E-state index < -0.39 is 0 Å². The lowest BCUT2D eigenvalue weighted by Gasteiger charge is -2.26. The maximum atomic E-state index is 11.8. The van der Waals surface area contributed by atoms with E-state index in [9.17, 15) is 4.79 Å². The van der Waals surface area contributed by atoms with Crippen LogP contribution in [0, 0.1) is 11.3 Å². The summed E-state index contributed by atoms with van der Waals surface area (Å²) in [5, 5.41) is 11.9. The van der Waals surface area contributed by atoms with Crippen LogP contribution in [0.1, 0.15) is 53.4 Å². The van der Waals surface area contributed by atoms with Gasteiger partial charge in [-0.3, -0.25) is 4.79 Å². The van der Waals surface area contributed by atoms with E-state index >= 15 is 0 Å². The highest BCUT2D eigenvalue weighted by Gasteiger charge is 2.23. The number of nitrogens with two attached hydrogens (primary N) is 1. The molecule has 0 saturated carbocycles. The van der Waals surface area contributed by atoms with Crippen LogP contribution in [0.5, 0.6) is 0 Å². The van der Waals surface area contributed by atoms with Gasteiger partial charge in [-0.2, -0.15) is 0 Å². The predicted molar refractivity (Wildman–Crippen MR) is 75.2 cm³/mol. The highest BCUT2D eigenvalue weighted by molar-refractivity contribution is 5.76. The van der Waals surface area contributed by atoms with E-state index in [1.807, 2.05) is 20.8 Å². The zero-order chi connectivity index (χ0) is 14.2. The molecule has 0 radical (unpaired) electrons. The van der Waals surface area contributed by atoms with Gasteiger partial charge in [-0.05, 0) is 24.2 Å². The molecule has 0 aliphatic heterocycles. The summed E-state index contributed by atoms with van der Waals surface area (Å²) >= 11 is 0. The van der Waals surface area contributed by atoms with E-state index in [2.05, 4.69) is 12.2 Å². The molecule has 2 unspecified atom stereocenters. The summed E-state index contributed by atoms with van der Waals surface area (Å²) < 4.78 is 0. The summed E-state index contributed by atoms with van der Waals surface area (Å²) in [7, 11) is 0. The van der Waals surface area contributed by atoms with Crippen LogP contribution in [0.15, 0.2) is 0 Å². The Labute approximate surface area is 111 Å². The normalized spacial score (nSPS) is 15.2. The van der Waals surface area contributed by atoms with E-state index in [1.165, 1.54) is 0 Å². The Kier molecular flexibility index (Phi) is 8.20. The van der Waals surface area contributed by atoms with E-state index in [0.717, 1.165) is 19.3 Å². The molecule has 0 saturated heterocycles. The molecule has 0 aromatic carbocycles. The predicted octanol–water partition coefficient (Wildman–Crippen LogP) is 1.66. The first-order chi connectivity index (χ1) is 8.31. The molecule has 0 aromatic rings. The number of rotatable bonds is 8. The zero-order valence-corrected chi connectivity index (χ0v) is 12.3. The third kappa shape index (κ3) is 7.67. The van der Waals surface area contributed by atoms with Gasteiger partial charge in [-0.15, -0.1) is 0 Å². The Hall–Kier alpha value is -0.610. The molecule has 2 atom stereocenters. The topological polar surface area (TPSA) is 75.3 Å². The van der Waals surface area contributed by atoms with Crippen molar-refractivity contribution in [1.82, 2.24) is 5.32 Å². The SMILES string of the molecule is CCCC(CCO)CNC(=O)CC(N)C(C)(C)C. The smallest absolute Gasteiger partial charge is 0.221 e. The summed E-state index contributed by atoms with van der Waals surface area (Å²) in [4.78, 5) is 11.8. The molecular formula is C14H30N2O2. The van der Waals surface area contributed by atoms with Crippen molar-refractivity contribution >= 4 is 5.91 Å². The van der Waals surface area contributed by atoms with Gasteiger partial charge in [-0.25, -0.2) is 0 Å². The number of carbonyl (C=O) groups excluding carboxylic acids is 1. The maximum Gasteiger partial charge on any atom is 0.221 e. The molecule has 4 heteroatoms. The summed E-state index contributed by atoms with van der Waals surface area (Å²) in [5.74, 6) is 0.381. The summed E-state index contributed by atoms with van der Waals surface area (Å²) in [6, 6.07) is -0.125. The fourth-order valence-corrected chi connectivity index (χ4v) is 1.78. The average Bonchev–Trinajstić information content (AvgIpc) is 2.25. The molecule has 0 fully saturated rings. The van der Waals surface area contributed by atoms with Crippen LogP contribution in [-0.4, -0.2) is 30.2 Å². The van der Waals surface area contributed by atoms with Crippen LogP contribution in [0.25, 0.3) is 0 Å². The minimum absolute atomic E-state index is 0.0106. The van der Waals surface area contributed by atoms with Crippen LogP contribution >= 0.6 is 0 Å². The first-order valence-corrected chi connectivity index (χ1v) is 6.94. The number of aliphatic hydroxyl groups is 1. The first-order valence-electron chi connectivity index (χ1n) is 6.94. The van der Waals surface area contributed by atoms with Crippen molar-refractivity contribution in [1.29, 1.82) is 0 Å². The molecule has 0 heterocycles. The van der Waals surface area contributed by atoms with E-state index in [1.54, 1.807) is 0 Å². The van der Waals surface area contributed by atoms with E-state index in [0.29, 0.717) is 18.9 Å². The van der Waals surface area contributed by atoms with Gasteiger partial charge in [0.2, 0.25) is 5.91 Å². The Balaban J connectivity index is 4.00. The fourth-order valence-electron chi connectivity index (χ4n) is 1.78. The molecule has 0 aliphatic rings. The largest absolute Gasteiger partial charge is 0.396 e. The summed E-state index contributed by atoms with van der Waals surface area (Å²) in [5.41, 5.74) is 5.92. The van der Waals surface area contributed by atoms with Crippen molar-refractivity contribution in [3.63, 3.8) is 0 Å². The number of hydrogen-bond acceptors (Lipinski definition) is 3. The molecular weight excluding hydrogens is 228 g/mol. The summed E-state index contributed by atoms with van der Waals surface area (Å²) in [6.07, 6.45) is 3.22. The molecule has 4 N–H and O–H groups in total.